The van der Waals surface area contributed by atoms with Gasteiger partial charge in [-0.05, 0) is 49.9 Å². The van der Waals surface area contributed by atoms with Crippen LogP contribution in [0, 0.1) is 6.92 Å². The predicted octanol–water partition coefficient (Wildman–Crippen LogP) is 3.36. The van der Waals surface area contributed by atoms with Gasteiger partial charge in [-0.3, -0.25) is 9.59 Å². The number of hydrogen-bond donors (Lipinski definition) is 2. The van der Waals surface area contributed by atoms with Crippen LogP contribution in [0.2, 0.25) is 0 Å². The van der Waals surface area contributed by atoms with E-state index in [4.69, 9.17) is 14.2 Å². The number of carbonyl (C=O) groups excluding carboxylic acids is 2. The molecule has 3 aliphatic rings. The molecule has 2 aliphatic carbocycles. The van der Waals surface area contributed by atoms with Crippen molar-refractivity contribution in [1.82, 2.24) is 0 Å². The molecule has 1 saturated heterocycles. The fourth-order valence-corrected chi connectivity index (χ4v) is 5.52. The highest BCUT2D eigenvalue weighted by Gasteiger charge is 2.42. The van der Waals surface area contributed by atoms with Crippen LogP contribution in [0.3, 0.4) is 0 Å². The number of ether oxygens (including phenoxy) is 3. The van der Waals surface area contributed by atoms with Gasteiger partial charge < -0.3 is 24.4 Å². The van der Waals surface area contributed by atoms with E-state index in [0.29, 0.717) is 40.9 Å². The van der Waals surface area contributed by atoms with Crippen LogP contribution < -0.4 is 9.47 Å². The second-order valence-electron chi connectivity index (χ2n) is 9.25. The summed E-state index contributed by atoms with van der Waals surface area (Å²) in [4.78, 5) is 27.6. The van der Waals surface area contributed by atoms with Crippen molar-refractivity contribution in [3.8, 4) is 11.5 Å². The molecule has 5 rings (SSSR count). The first-order valence-electron chi connectivity index (χ1n) is 11.5. The number of aliphatic hydroxyl groups is 2. The third kappa shape index (κ3) is 3.30. The standard InChI is InChI=1S/C27H28O7/c1-12-9-14-5-6-16-22(21(14)20(10-12)32-3)25(30)17-8-7-15(27(33-4)23(17)26(16)31)19-11-18(28)24(29)13(2)34-19/h7-10,13,18-19,24,28-29H,5-6,11H2,1-4H3/t13-,18-,19-,24-/m1/s1. The highest BCUT2D eigenvalue weighted by Crippen LogP contribution is 2.47. The zero-order chi connectivity index (χ0) is 24.3. The predicted molar refractivity (Wildman–Crippen MR) is 125 cm³/mol. The molecule has 2 N–H and O–H groups in total. The van der Waals surface area contributed by atoms with Crippen LogP contribution in [0.5, 0.6) is 11.5 Å². The number of aryl methyl sites for hydroxylation is 2. The first kappa shape index (κ1) is 22.8. The summed E-state index contributed by atoms with van der Waals surface area (Å²) >= 11 is 0. The minimum Gasteiger partial charge on any atom is -0.496 e. The average molecular weight is 465 g/mol. The molecule has 7 nitrogen and oxygen atoms in total. The Labute approximate surface area is 198 Å². The Hall–Kier alpha value is -3.00. The number of aliphatic hydroxyl groups excluding tert-OH is 2. The summed E-state index contributed by atoms with van der Waals surface area (Å²) < 4.78 is 17.2. The largest absolute Gasteiger partial charge is 0.496 e. The molecule has 0 bridgehead atoms. The van der Waals surface area contributed by atoms with E-state index < -0.39 is 24.4 Å². The van der Waals surface area contributed by atoms with E-state index >= 15 is 0 Å². The molecule has 178 valence electrons. The molecule has 4 atom stereocenters. The summed E-state index contributed by atoms with van der Waals surface area (Å²) in [6.07, 6.45) is -1.89. The minimum absolute atomic E-state index is 0.153. The number of rotatable bonds is 3. The third-order valence-corrected chi connectivity index (χ3v) is 7.17. The molecule has 0 radical (unpaired) electrons. The Kier molecular flexibility index (Phi) is 5.59. The summed E-state index contributed by atoms with van der Waals surface area (Å²) in [5.74, 6) is 0.407. The van der Waals surface area contributed by atoms with Crippen molar-refractivity contribution in [3.63, 3.8) is 0 Å². The zero-order valence-electron chi connectivity index (χ0n) is 19.7. The van der Waals surface area contributed by atoms with Crippen LogP contribution >= 0.6 is 0 Å². The average Bonchev–Trinajstić information content (AvgIpc) is 2.83. The number of Topliss-reactive ketones (excluding diaryl/α,β-unsaturated/α-hetero) is 2. The van der Waals surface area contributed by atoms with Crippen LogP contribution in [0.4, 0.5) is 0 Å². The lowest BCUT2D eigenvalue weighted by atomic mass is 9.73. The van der Waals surface area contributed by atoms with Crippen LogP contribution in [-0.4, -0.2) is 54.3 Å². The molecule has 7 heteroatoms. The second kappa shape index (κ2) is 8.34. The van der Waals surface area contributed by atoms with E-state index in [-0.39, 0.29) is 34.9 Å². The highest BCUT2D eigenvalue weighted by molar-refractivity contribution is 6.42. The monoisotopic (exact) mass is 464 g/mol. The Morgan fingerprint density at radius 1 is 1.00 bits per heavy atom. The minimum atomic E-state index is -0.989. The van der Waals surface area contributed by atoms with E-state index in [0.717, 1.165) is 11.1 Å². The smallest absolute Gasteiger partial charge is 0.195 e. The fraction of sp³-hybridized carbons (Fsp3) is 0.407. The maximum absolute atomic E-state index is 13.8. The number of benzene rings is 2. The van der Waals surface area contributed by atoms with Crippen molar-refractivity contribution in [3.05, 3.63) is 63.2 Å². The first-order valence-corrected chi connectivity index (χ1v) is 11.5. The molecule has 1 aliphatic heterocycles. The molecule has 0 unspecified atom stereocenters. The Morgan fingerprint density at radius 2 is 1.76 bits per heavy atom. The molecular weight excluding hydrogens is 436 g/mol. The number of hydrogen-bond acceptors (Lipinski definition) is 7. The van der Waals surface area contributed by atoms with Crippen molar-refractivity contribution >= 4 is 17.1 Å². The zero-order valence-corrected chi connectivity index (χ0v) is 19.7. The van der Waals surface area contributed by atoms with Gasteiger partial charge in [-0.15, -0.1) is 0 Å². The Morgan fingerprint density at radius 3 is 2.44 bits per heavy atom. The van der Waals surface area contributed by atoms with Gasteiger partial charge in [0.1, 0.15) is 17.6 Å². The highest BCUT2D eigenvalue weighted by atomic mass is 16.5. The van der Waals surface area contributed by atoms with Crippen molar-refractivity contribution in [2.75, 3.05) is 14.2 Å². The van der Waals surface area contributed by atoms with E-state index in [1.54, 1.807) is 26.2 Å². The van der Waals surface area contributed by atoms with Gasteiger partial charge in [-0.2, -0.15) is 0 Å². The Bertz CT molecular complexity index is 1230. The van der Waals surface area contributed by atoms with Crippen molar-refractivity contribution < 1.29 is 34.0 Å². The molecule has 1 heterocycles. The normalized spacial score (nSPS) is 26.1. The summed E-state index contributed by atoms with van der Waals surface area (Å²) in [7, 11) is 3.03. The van der Waals surface area contributed by atoms with Gasteiger partial charge in [0.25, 0.3) is 0 Å². The number of fused-ring (bicyclic) bond motifs is 3. The van der Waals surface area contributed by atoms with Gasteiger partial charge in [0.2, 0.25) is 0 Å². The number of carbonyl (C=O) groups is 2. The fourth-order valence-electron chi connectivity index (χ4n) is 5.52. The number of allylic oxidation sites excluding steroid dienone is 2. The van der Waals surface area contributed by atoms with Crippen molar-refractivity contribution in [1.29, 1.82) is 0 Å². The van der Waals surface area contributed by atoms with E-state index in [9.17, 15) is 19.8 Å². The van der Waals surface area contributed by atoms with Gasteiger partial charge >= 0.3 is 0 Å². The summed E-state index contributed by atoms with van der Waals surface area (Å²) in [6.45, 7) is 3.66. The topological polar surface area (TPSA) is 102 Å². The number of methoxy groups -OCH3 is 2. The summed E-state index contributed by atoms with van der Waals surface area (Å²) in [5, 5.41) is 20.3. The Balaban J connectivity index is 1.65. The number of ketones is 2. The lowest BCUT2D eigenvalue weighted by molar-refractivity contribution is -0.163. The third-order valence-electron chi connectivity index (χ3n) is 7.17. The van der Waals surface area contributed by atoms with Crippen LogP contribution in [0.15, 0.2) is 29.8 Å². The molecule has 0 aromatic heterocycles. The van der Waals surface area contributed by atoms with E-state index in [2.05, 4.69) is 0 Å². The van der Waals surface area contributed by atoms with Crippen LogP contribution in [-0.2, 0) is 11.2 Å². The van der Waals surface area contributed by atoms with Gasteiger partial charge in [0.05, 0.1) is 38.1 Å². The molecule has 2 aromatic carbocycles. The molecule has 0 saturated carbocycles. The maximum atomic E-state index is 13.8. The molecule has 0 amide bonds. The first-order chi connectivity index (χ1) is 16.3. The van der Waals surface area contributed by atoms with Gasteiger partial charge in [-0.25, -0.2) is 0 Å². The van der Waals surface area contributed by atoms with Crippen LogP contribution in [0.25, 0.3) is 5.57 Å². The van der Waals surface area contributed by atoms with Gasteiger partial charge in [-0.1, -0.05) is 12.1 Å². The summed E-state index contributed by atoms with van der Waals surface area (Å²) in [5.41, 5.74) is 4.70. The van der Waals surface area contributed by atoms with E-state index in [1.807, 2.05) is 19.1 Å². The second-order valence-corrected chi connectivity index (χ2v) is 9.25. The lowest BCUT2D eigenvalue weighted by Gasteiger charge is -2.37. The quantitative estimate of drug-likeness (QED) is 0.718. The van der Waals surface area contributed by atoms with E-state index in [1.165, 1.54) is 7.11 Å². The molecular formula is C27H28O7. The van der Waals surface area contributed by atoms with Gasteiger partial charge in [0, 0.05) is 34.3 Å². The van der Waals surface area contributed by atoms with Crippen molar-refractivity contribution in [2.24, 2.45) is 0 Å². The summed E-state index contributed by atoms with van der Waals surface area (Å²) in [6, 6.07) is 7.27. The molecule has 0 spiro atoms. The molecule has 2 aromatic rings. The maximum Gasteiger partial charge on any atom is 0.195 e. The molecule has 1 fully saturated rings. The van der Waals surface area contributed by atoms with Crippen molar-refractivity contribution in [2.45, 2.75) is 57.5 Å². The molecule has 34 heavy (non-hydrogen) atoms. The lowest BCUT2D eigenvalue weighted by Crippen LogP contribution is -2.44. The van der Waals surface area contributed by atoms with Crippen LogP contribution in [0.1, 0.15) is 68.8 Å². The SMILES string of the molecule is COc1cc(C)cc2c1C1=C(CC2)C(=O)c2c(ccc([C@H]3C[C@@H](O)[C@H](O)[C@@H](C)O3)c2OC)C1=O. The van der Waals surface area contributed by atoms with Gasteiger partial charge in [0.15, 0.2) is 11.6 Å².